The van der Waals surface area contributed by atoms with Crippen molar-refractivity contribution in [3.8, 4) is 0 Å². The highest BCUT2D eigenvalue weighted by molar-refractivity contribution is 6.13. The number of aliphatic hydroxyl groups excluding tert-OH is 1. The first-order valence-electron chi connectivity index (χ1n) is 10.5. The van der Waals surface area contributed by atoms with Crippen LogP contribution >= 0.6 is 0 Å². The minimum Gasteiger partial charge on any atom is -0.392 e. The van der Waals surface area contributed by atoms with Crippen molar-refractivity contribution in [2.24, 2.45) is 5.41 Å². The summed E-state index contributed by atoms with van der Waals surface area (Å²) in [5, 5.41) is 11.0. The van der Waals surface area contributed by atoms with Gasteiger partial charge in [0, 0.05) is 11.0 Å². The van der Waals surface area contributed by atoms with E-state index in [1.54, 1.807) is 30.3 Å². The van der Waals surface area contributed by atoms with Crippen LogP contribution in [0.15, 0.2) is 47.1 Å². The number of rotatable bonds is 3. The molecule has 33 heavy (non-hydrogen) atoms. The van der Waals surface area contributed by atoms with E-state index in [9.17, 15) is 31.9 Å². The molecule has 0 amide bonds. The third kappa shape index (κ3) is 3.60. The maximum absolute atomic E-state index is 15.5. The number of hydrogen-bond acceptors (Lipinski definition) is 2. The van der Waals surface area contributed by atoms with E-state index in [1.807, 2.05) is 0 Å². The van der Waals surface area contributed by atoms with E-state index in [1.165, 1.54) is 6.92 Å². The van der Waals surface area contributed by atoms with Crippen molar-refractivity contribution in [2.75, 3.05) is 0 Å². The lowest BCUT2D eigenvalue weighted by Crippen LogP contribution is -2.46. The zero-order chi connectivity index (χ0) is 24.1. The summed E-state index contributed by atoms with van der Waals surface area (Å²) in [5.74, 6) is -14.4. The fourth-order valence-electron chi connectivity index (χ4n) is 5.12. The van der Waals surface area contributed by atoms with Crippen molar-refractivity contribution in [3.05, 3.63) is 87.3 Å². The van der Waals surface area contributed by atoms with Gasteiger partial charge in [0.15, 0.2) is 29.1 Å². The second kappa shape index (κ2) is 8.48. The van der Waals surface area contributed by atoms with Crippen molar-refractivity contribution in [1.29, 1.82) is 0 Å². The van der Waals surface area contributed by atoms with Crippen molar-refractivity contribution >= 4 is 11.6 Å². The van der Waals surface area contributed by atoms with Gasteiger partial charge in [0.05, 0.1) is 11.7 Å². The van der Waals surface area contributed by atoms with Crippen LogP contribution in [0.2, 0.25) is 0 Å². The van der Waals surface area contributed by atoms with Gasteiger partial charge in [-0.1, -0.05) is 35.9 Å². The molecule has 0 unspecified atom stereocenters. The topological polar surface area (TPSA) is 37.3 Å². The number of Topliss-reactive ketones (excluding diaryl/α,β-unsaturated/α-hetero) is 1. The zero-order valence-electron chi connectivity index (χ0n) is 17.6. The summed E-state index contributed by atoms with van der Waals surface area (Å²) >= 11 is 0. The Morgan fingerprint density at radius 1 is 1.00 bits per heavy atom. The Hall–Kier alpha value is -2.87. The van der Waals surface area contributed by atoms with E-state index in [2.05, 4.69) is 0 Å². The standard InChI is InChI=1S/C25H20F6O2/c1-12-15-8-5-9-16(32)25(15,10-13-6-3-2-4-7-13)11-14(24(12)33)18(26)17-19(27)21(29)23(31)22(30)20(17)28/h2-4,6-7,16,32H,5,8-11H2,1H3/t16-,25-/m0/s1. The molecule has 1 saturated carbocycles. The Morgan fingerprint density at radius 2 is 1.58 bits per heavy atom. The second-order valence-electron chi connectivity index (χ2n) is 8.57. The molecule has 0 aliphatic heterocycles. The number of carbonyl (C=O) groups excluding carboxylic acids is 1. The Morgan fingerprint density at radius 3 is 2.18 bits per heavy atom. The highest BCUT2D eigenvalue weighted by Gasteiger charge is 2.50. The van der Waals surface area contributed by atoms with E-state index < -0.39 is 69.8 Å². The number of carbonyl (C=O) groups is 1. The Labute approximate surface area is 186 Å². The molecule has 1 fully saturated rings. The van der Waals surface area contributed by atoms with Crippen LogP contribution in [0.1, 0.15) is 43.7 Å². The lowest BCUT2D eigenvalue weighted by Gasteiger charge is -2.47. The smallest absolute Gasteiger partial charge is 0.200 e. The molecule has 2 aliphatic carbocycles. The average Bonchev–Trinajstić information content (AvgIpc) is 2.80. The highest BCUT2D eigenvalue weighted by atomic mass is 19.2. The van der Waals surface area contributed by atoms with Crippen LogP contribution < -0.4 is 0 Å². The van der Waals surface area contributed by atoms with Crippen LogP contribution in [-0.4, -0.2) is 17.0 Å². The summed E-state index contributed by atoms with van der Waals surface area (Å²) in [7, 11) is 0. The van der Waals surface area contributed by atoms with Gasteiger partial charge in [0.1, 0.15) is 5.83 Å². The molecule has 2 aliphatic rings. The van der Waals surface area contributed by atoms with Crippen molar-refractivity contribution in [2.45, 2.75) is 45.1 Å². The monoisotopic (exact) mass is 466 g/mol. The van der Waals surface area contributed by atoms with Gasteiger partial charge in [0.25, 0.3) is 0 Å². The molecule has 2 atom stereocenters. The number of fused-ring (bicyclic) bond motifs is 1. The van der Waals surface area contributed by atoms with Crippen LogP contribution in [0.5, 0.6) is 0 Å². The van der Waals surface area contributed by atoms with E-state index in [-0.39, 0.29) is 12.0 Å². The molecule has 174 valence electrons. The molecule has 2 nitrogen and oxygen atoms in total. The third-order valence-corrected chi connectivity index (χ3v) is 6.76. The van der Waals surface area contributed by atoms with Gasteiger partial charge in [-0.2, -0.15) is 0 Å². The van der Waals surface area contributed by atoms with E-state index >= 15 is 4.39 Å². The summed E-state index contributed by atoms with van der Waals surface area (Å²) in [6.45, 7) is 1.43. The van der Waals surface area contributed by atoms with Crippen LogP contribution in [0.25, 0.3) is 5.83 Å². The second-order valence-corrected chi connectivity index (χ2v) is 8.57. The maximum atomic E-state index is 15.5. The van der Waals surface area contributed by atoms with Crippen molar-refractivity contribution < 1.29 is 36.2 Å². The van der Waals surface area contributed by atoms with E-state index in [0.29, 0.717) is 24.8 Å². The SMILES string of the molecule is CC1=C2CCC[C@H](O)[C@@]2(Cc2ccccc2)CC(=C(F)c2c(F)c(F)c(F)c(F)c2F)C1=O. The quantitative estimate of drug-likeness (QED) is 0.256. The molecule has 2 aromatic rings. The Kier molecular flexibility index (Phi) is 5.99. The lowest BCUT2D eigenvalue weighted by atomic mass is 9.57. The summed E-state index contributed by atoms with van der Waals surface area (Å²) in [6.07, 6.45) is 0.205. The largest absolute Gasteiger partial charge is 0.392 e. The van der Waals surface area contributed by atoms with Gasteiger partial charge < -0.3 is 5.11 Å². The number of aliphatic hydroxyl groups is 1. The fourth-order valence-corrected chi connectivity index (χ4v) is 5.12. The van der Waals surface area contributed by atoms with Gasteiger partial charge >= 0.3 is 0 Å². The van der Waals surface area contributed by atoms with Crippen LogP contribution in [0.4, 0.5) is 26.3 Å². The first-order chi connectivity index (χ1) is 15.6. The Balaban J connectivity index is 1.95. The summed E-state index contributed by atoms with van der Waals surface area (Å²) in [4.78, 5) is 13.0. The molecular weight excluding hydrogens is 446 g/mol. The fraction of sp³-hybridized carbons (Fsp3) is 0.320. The molecule has 0 spiro atoms. The molecule has 8 heteroatoms. The average molecular weight is 466 g/mol. The van der Waals surface area contributed by atoms with Crippen LogP contribution in [-0.2, 0) is 11.2 Å². The lowest BCUT2D eigenvalue weighted by molar-refractivity contribution is -0.113. The molecular formula is C25H20F6O2. The third-order valence-electron chi connectivity index (χ3n) is 6.76. The van der Waals surface area contributed by atoms with E-state index in [4.69, 9.17) is 0 Å². The van der Waals surface area contributed by atoms with E-state index in [0.717, 1.165) is 5.56 Å². The van der Waals surface area contributed by atoms with Gasteiger partial charge in [-0.3, -0.25) is 4.79 Å². The molecule has 2 aromatic carbocycles. The first-order valence-corrected chi connectivity index (χ1v) is 10.5. The minimum atomic E-state index is -2.41. The molecule has 0 saturated heterocycles. The predicted molar refractivity (Wildman–Crippen MR) is 109 cm³/mol. The number of halogens is 6. The molecule has 0 aromatic heterocycles. The number of hydrogen-bond donors (Lipinski definition) is 1. The van der Waals surface area contributed by atoms with Crippen LogP contribution in [0, 0.1) is 34.5 Å². The summed E-state index contributed by atoms with van der Waals surface area (Å²) < 4.78 is 85.0. The minimum absolute atomic E-state index is 0.116. The summed E-state index contributed by atoms with van der Waals surface area (Å²) in [5.41, 5.74) is -2.10. The molecule has 4 rings (SSSR count). The Bertz CT molecular complexity index is 1170. The number of allylic oxidation sites excluding steroid dienone is 2. The summed E-state index contributed by atoms with van der Waals surface area (Å²) in [6, 6.07) is 8.93. The molecule has 0 heterocycles. The van der Waals surface area contributed by atoms with Gasteiger partial charge in [-0.25, -0.2) is 26.3 Å². The predicted octanol–water partition coefficient (Wildman–Crippen LogP) is 6.13. The maximum Gasteiger partial charge on any atom is 0.200 e. The molecule has 1 N–H and O–H groups in total. The molecule has 0 bridgehead atoms. The molecule has 0 radical (unpaired) electrons. The van der Waals surface area contributed by atoms with Gasteiger partial charge in [-0.05, 0) is 50.2 Å². The first kappa shape index (κ1) is 23.3. The van der Waals surface area contributed by atoms with Gasteiger partial charge in [0.2, 0.25) is 5.82 Å². The van der Waals surface area contributed by atoms with Crippen LogP contribution in [0.3, 0.4) is 0 Å². The number of ketones is 1. The number of benzene rings is 2. The van der Waals surface area contributed by atoms with Crippen molar-refractivity contribution in [1.82, 2.24) is 0 Å². The van der Waals surface area contributed by atoms with Gasteiger partial charge in [-0.15, -0.1) is 0 Å². The van der Waals surface area contributed by atoms with Crippen molar-refractivity contribution in [3.63, 3.8) is 0 Å². The zero-order valence-corrected chi connectivity index (χ0v) is 17.6. The normalized spacial score (nSPS) is 24.7. The highest BCUT2D eigenvalue weighted by Crippen LogP contribution is 2.53.